The Hall–Kier alpha value is -3.22. The van der Waals surface area contributed by atoms with Gasteiger partial charge in [-0.2, -0.15) is 0 Å². The minimum Gasteiger partial charge on any atom is -0.367 e. The van der Waals surface area contributed by atoms with Crippen LogP contribution in [0.1, 0.15) is 71.2 Å². The number of anilines is 1. The zero-order valence-corrected chi connectivity index (χ0v) is 19.6. The summed E-state index contributed by atoms with van der Waals surface area (Å²) in [5.74, 6) is 0.439. The summed E-state index contributed by atoms with van der Waals surface area (Å²) in [6.45, 7) is 2.83. The van der Waals surface area contributed by atoms with E-state index in [1.54, 1.807) is 24.5 Å². The lowest BCUT2D eigenvalue weighted by Crippen LogP contribution is -2.49. The zero-order chi connectivity index (χ0) is 23.5. The summed E-state index contributed by atoms with van der Waals surface area (Å²) in [4.78, 5) is 48.6. The molecule has 2 fully saturated rings. The van der Waals surface area contributed by atoms with E-state index in [0.717, 1.165) is 17.7 Å². The minimum atomic E-state index is -0.262. The van der Waals surface area contributed by atoms with E-state index < -0.39 is 0 Å². The zero-order valence-electron chi connectivity index (χ0n) is 19.6. The summed E-state index contributed by atoms with van der Waals surface area (Å²) in [6, 6.07) is 9.15. The van der Waals surface area contributed by atoms with Crippen LogP contribution >= 0.6 is 0 Å². The predicted molar refractivity (Wildman–Crippen MR) is 129 cm³/mol. The highest BCUT2D eigenvalue weighted by molar-refractivity contribution is 6.23. The van der Waals surface area contributed by atoms with Crippen LogP contribution in [0, 0.1) is 5.92 Å². The second-order valence-corrected chi connectivity index (χ2v) is 9.67. The van der Waals surface area contributed by atoms with Crippen molar-refractivity contribution < 1.29 is 14.4 Å². The number of pyridine rings is 1. The van der Waals surface area contributed by atoms with Gasteiger partial charge in [-0.1, -0.05) is 44.2 Å². The molecule has 7 nitrogen and oxygen atoms in total. The van der Waals surface area contributed by atoms with E-state index >= 15 is 0 Å². The maximum atomic E-state index is 13.3. The van der Waals surface area contributed by atoms with Gasteiger partial charge in [-0.25, -0.2) is 0 Å². The van der Waals surface area contributed by atoms with Crippen LogP contribution in [0.4, 0.5) is 5.69 Å². The van der Waals surface area contributed by atoms with Crippen LogP contribution in [0.25, 0.3) is 0 Å². The summed E-state index contributed by atoms with van der Waals surface area (Å²) >= 11 is 0. The van der Waals surface area contributed by atoms with Crippen LogP contribution in [0.3, 0.4) is 0 Å². The van der Waals surface area contributed by atoms with Crippen molar-refractivity contribution in [1.29, 1.82) is 0 Å². The van der Waals surface area contributed by atoms with Gasteiger partial charge in [-0.15, -0.1) is 0 Å². The number of piperazine rings is 1. The number of benzene rings is 1. The number of hydrogen-bond donors (Lipinski definition) is 0. The van der Waals surface area contributed by atoms with Gasteiger partial charge >= 0.3 is 0 Å². The van der Waals surface area contributed by atoms with Gasteiger partial charge in [-0.05, 0) is 36.1 Å². The first-order valence-corrected chi connectivity index (χ1v) is 12.5. The summed E-state index contributed by atoms with van der Waals surface area (Å²) in [6.07, 6.45) is 11.5. The fraction of sp³-hybridized carbons (Fsp3) is 0.481. The topological polar surface area (TPSA) is 73.8 Å². The first-order valence-electron chi connectivity index (χ1n) is 12.5. The molecular formula is C27H32N4O3. The molecule has 0 unspecified atom stereocenters. The SMILES string of the molecule is O=C(CCC1CCCCC1)N1CCN(c2cccc3c2C(=O)N(Cc2cccnc2)C3=O)CC1. The van der Waals surface area contributed by atoms with Gasteiger partial charge in [0.05, 0.1) is 23.4 Å². The van der Waals surface area contributed by atoms with Crippen molar-refractivity contribution >= 4 is 23.4 Å². The summed E-state index contributed by atoms with van der Waals surface area (Å²) in [5.41, 5.74) is 2.54. The Morgan fingerprint density at radius 1 is 0.941 bits per heavy atom. The van der Waals surface area contributed by atoms with Crippen molar-refractivity contribution in [2.45, 2.75) is 51.5 Å². The van der Waals surface area contributed by atoms with E-state index in [4.69, 9.17) is 0 Å². The van der Waals surface area contributed by atoms with Gasteiger partial charge < -0.3 is 9.80 Å². The van der Waals surface area contributed by atoms with Crippen molar-refractivity contribution in [3.63, 3.8) is 0 Å². The number of imide groups is 1. The molecule has 0 atom stereocenters. The van der Waals surface area contributed by atoms with E-state index in [0.29, 0.717) is 49.6 Å². The second-order valence-electron chi connectivity index (χ2n) is 9.67. The smallest absolute Gasteiger partial charge is 0.263 e. The van der Waals surface area contributed by atoms with Gasteiger partial charge in [-0.3, -0.25) is 24.3 Å². The van der Waals surface area contributed by atoms with E-state index in [2.05, 4.69) is 9.88 Å². The molecule has 1 aromatic carbocycles. The molecule has 1 saturated heterocycles. The number of rotatable bonds is 6. The third-order valence-electron chi connectivity index (χ3n) is 7.50. The fourth-order valence-electron chi connectivity index (χ4n) is 5.56. The Morgan fingerprint density at radius 2 is 1.74 bits per heavy atom. The van der Waals surface area contributed by atoms with Crippen molar-refractivity contribution in [3.05, 3.63) is 59.4 Å². The lowest BCUT2D eigenvalue weighted by Gasteiger charge is -2.37. The standard InChI is InChI=1S/C27H32N4O3/c32-24(12-11-20-6-2-1-3-7-20)30-16-14-29(15-17-30)23-10-4-9-22-25(23)27(34)31(26(22)33)19-21-8-5-13-28-18-21/h4-5,8-10,13,18,20H,1-3,6-7,11-12,14-17,19H2. The molecule has 7 heteroatoms. The molecule has 0 bridgehead atoms. The summed E-state index contributed by atoms with van der Waals surface area (Å²) in [5, 5.41) is 0. The van der Waals surface area contributed by atoms with Crippen LogP contribution in [0.2, 0.25) is 0 Å². The highest BCUT2D eigenvalue weighted by Gasteiger charge is 2.39. The molecule has 3 amide bonds. The molecule has 1 aliphatic carbocycles. The van der Waals surface area contributed by atoms with Crippen LogP contribution < -0.4 is 4.90 Å². The monoisotopic (exact) mass is 460 g/mol. The van der Waals surface area contributed by atoms with Gasteiger partial charge in [0.25, 0.3) is 11.8 Å². The Bertz CT molecular complexity index is 1060. The first-order chi connectivity index (χ1) is 16.6. The molecule has 2 aliphatic heterocycles. The van der Waals surface area contributed by atoms with E-state index in [1.807, 2.05) is 23.1 Å². The number of carbonyl (C=O) groups is 3. The number of amides is 3. The van der Waals surface area contributed by atoms with Crippen molar-refractivity contribution in [3.8, 4) is 0 Å². The number of carbonyl (C=O) groups excluding carboxylic acids is 3. The largest absolute Gasteiger partial charge is 0.367 e. The average molecular weight is 461 g/mol. The Labute approximate surface area is 200 Å². The van der Waals surface area contributed by atoms with E-state index in [1.165, 1.54) is 37.0 Å². The third-order valence-corrected chi connectivity index (χ3v) is 7.50. The lowest BCUT2D eigenvalue weighted by molar-refractivity contribution is -0.131. The number of hydrogen-bond acceptors (Lipinski definition) is 5. The lowest BCUT2D eigenvalue weighted by atomic mass is 9.86. The van der Waals surface area contributed by atoms with Crippen molar-refractivity contribution in [2.24, 2.45) is 5.92 Å². The molecular weight excluding hydrogens is 428 g/mol. The van der Waals surface area contributed by atoms with Crippen molar-refractivity contribution in [1.82, 2.24) is 14.8 Å². The number of fused-ring (bicyclic) bond motifs is 1. The summed E-state index contributed by atoms with van der Waals surface area (Å²) < 4.78 is 0. The van der Waals surface area contributed by atoms with Gasteiger partial charge in [0.15, 0.2) is 0 Å². The molecule has 34 heavy (non-hydrogen) atoms. The Balaban J connectivity index is 1.22. The first kappa shape index (κ1) is 22.6. The average Bonchev–Trinajstić information content (AvgIpc) is 3.13. The fourth-order valence-corrected chi connectivity index (χ4v) is 5.56. The Kier molecular flexibility index (Phi) is 6.61. The third kappa shape index (κ3) is 4.56. The molecule has 0 N–H and O–H groups in total. The molecule has 178 valence electrons. The number of aromatic nitrogens is 1. The highest BCUT2D eigenvalue weighted by Crippen LogP contribution is 2.33. The van der Waals surface area contributed by atoms with E-state index in [9.17, 15) is 14.4 Å². The normalized spacial score (nSPS) is 19.0. The quantitative estimate of drug-likeness (QED) is 0.612. The minimum absolute atomic E-state index is 0.211. The Morgan fingerprint density at radius 3 is 2.47 bits per heavy atom. The maximum Gasteiger partial charge on any atom is 0.263 e. The molecule has 0 radical (unpaired) electrons. The molecule has 1 saturated carbocycles. The van der Waals surface area contributed by atoms with Crippen LogP contribution in [-0.2, 0) is 11.3 Å². The molecule has 3 aliphatic rings. The maximum absolute atomic E-state index is 13.3. The molecule has 0 spiro atoms. The van der Waals surface area contributed by atoms with Crippen LogP contribution in [0.5, 0.6) is 0 Å². The van der Waals surface area contributed by atoms with Gasteiger partial charge in [0.2, 0.25) is 5.91 Å². The van der Waals surface area contributed by atoms with Crippen molar-refractivity contribution in [2.75, 3.05) is 31.1 Å². The number of nitrogens with zero attached hydrogens (tertiary/aromatic N) is 4. The second kappa shape index (κ2) is 9.95. The van der Waals surface area contributed by atoms with Gasteiger partial charge in [0, 0.05) is 45.0 Å². The predicted octanol–water partition coefficient (Wildman–Crippen LogP) is 3.89. The molecule has 5 rings (SSSR count). The highest BCUT2D eigenvalue weighted by atomic mass is 16.2. The molecule has 2 aromatic rings. The molecule has 3 heterocycles. The van der Waals surface area contributed by atoms with E-state index in [-0.39, 0.29) is 24.3 Å². The van der Waals surface area contributed by atoms with Crippen LogP contribution in [0.15, 0.2) is 42.7 Å². The summed E-state index contributed by atoms with van der Waals surface area (Å²) in [7, 11) is 0. The van der Waals surface area contributed by atoms with Gasteiger partial charge in [0.1, 0.15) is 0 Å². The van der Waals surface area contributed by atoms with Crippen LogP contribution in [-0.4, -0.2) is 58.7 Å². The molecule has 1 aromatic heterocycles.